The van der Waals surface area contributed by atoms with Crippen molar-refractivity contribution in [2.45, 2.75) is 109 Å². The van der Waals surface area contributed by atoms with E-state index in [2.05, 4.69) is 16.8 Å². The van der Waals surface area contributed by atoms with Gasteiger partial charge in [-0.25, -0.2) is 9.79 Å². The number of benzene rings is 1. The molecule has 1 aliphatic rings. The molecule has 0 saturated heterocycles. The van der Waals surface area contributed by atoms with Gasteiger partial charge in [-0.3, -0.25) is 0 Å². The number of carbonyl (C=O) groups excluding carboxylic acids is 1. The standard InChI is InChI=1S/C32H52N2O4/c1-3-4-5-6-7-8-9-10-11-12-13-14-15-16-23-37-26-31(36-2)27-38-32(35)30-20-17-19-29(24-30)25-34-22-18-21-33-28-34/h17-21,24,28,31H,3-16,22-23,25-27H2,1-2H3. The molecule has 214 valence electrons. The molecule has 38 heavy (non-hydrogen) atoms. The number of methoxy groups -OCH3 is 1. The number of hydrogen-bond acceptors (Lipinski definition) is 6. The van der Waals surface area contributed by atoms with E-state index in [4.69, 9.17) is 14.2 Å². The van der Waals surface area contributed by atoms with E-state index in [1.54, 1.807) is 19.4 Å². The van der Waals surface area contributed by atoms with Gasteiger partial charge < -0.3 is 19.1 Å². The largest absolute Gasteiger partial charge is 0.459 e. The summed E-state index contributed by atoms with van der Waals surface area (Å²) in [4.78, 5) is 18.8. The minimum absolute atomic E-state index is 0.182. The van der Waals surface area contributed by atoms with E-state index in [-0.39, 0.29) is 18.7 Å². The first-order chi connectivity index (χ1) is 18.7. The smallest absolute Gasteiger partial charge is 0.338 e. The summed E-state index contributed by atoms with van der Waals surface area (Å²) in [6.45, 7) is 5.13. The Labute approximate surface area is 231 Å². The third-order valence-corrected chi connectivity index (χ3v) is 6.99. The molecule has 6 nitrogen and oxygen atoms in total. The number of ether oxygens (including phenoxy) is 3. The monoisotopic (exact) mass is 528 g/mol. The van der Waals surface area contributed by atoms with Crippen LogP contribution in [-0.2, 0) is 20.8 Å². The third-order valence-electron chi connectivity index (χ3n) is 6.99. The molecule has 0 radical (unpaired) electrons. The highest BCUT2D eigenvalue weighted by Gasteiger charge is 2.14. The molecule has 1 aromatic carbocycles. The van der Waals surface area contributed by atoms with E-state index >= 15 is 0 Å². The second-order valence-electron chi connectivity index (χ2n) is 10.4. The van der Waals surface area contributed by atoms with Gasteiger partial charge >= 0.3 is 5.97 Å². The molecule has 0 spiro atoms. The maximum absolute atomic E-state index is 12.6. The van der Waals surface area contributed by atoms with E-state index < -0.39 is 0 Å². The fraction of sp³-hybridized carbons (Fsp3) is 0.688. The number of esters is 1. The van der Waals surface area contributed by atoms with Crippen LogP contribution in [0.4, 0.5) is 0 Å². The summed E-state index contributed by atoms with van der Waals surface area (Å²) in [5.74, 6) is -0.340. The van der Waals surface area contributed by atoms with Crippen molar-refractivity contribution in [3.05, 3.63) is 47.7 Å². The van der Waals surface area contributed by atoms with Crippen molar-refractivity contribution in [3.63, 3.8) is 0 Å². The topological polar surface area (TPSA) is 60.4 Å². The molecule has 0 bridgehead atoms. The van der Waals surface area contributed by atoms with E-state index in [9.17, 15) is 4.79 Å². The Morgan fingerprint density at radius 3 is 2.18 bits per heavy atom. The highest BCUT2D eigenvalue weighted by molar-refractivity contribution is 5.89. The van der Waals surface area contributed by atoms with Crippen molar-refractivity contribution in [1.82, 2.24) is 4.90 Å². The number of nitrogens with zero attached hydrogens (tertiary/aromatic N) is 2. The average Bonchev–Trinajstić information content (AvgIpc) is 2.95. The molecular weight excluding hydrogens is 476 g/mol. The van der Waals surface area contributed by atoms with Gasteiger partial charge in [0.05, 0.1) is 18.5 Å². The number of aliphatic imine (C=N–C) groups is 1. The van der Waals surface area contributed by atoms with Crippen LogP contribution in [0.2, 0.25) is 0 Å². The van der Waals surface area contributed by atoms with Crippen LogP contribution in [0, 0.1) is 0 Å². The van der Waals surface area contributed by atoms with Crippen molar-refractivity contribution < 1.29 is 19.0 Å². The Morgan fingerprint density at radius 1 is 0.921 bits per heavy atom. The predicted molar refractivity (Wildman–Crippen MR) is 157 cm³/mol. The van der Waals surface area contributed by atoms with Gasteiger partial charge in [0.2, 0.25) is 0 Å². The molecule has 0 fully saturated rings. The molecule has 1 unspecified atom stereocenters. The van der Waals surface area contributed by atoms with Crippen LogP contribution in [0.3, 0.4) is 0 Å². The molecule has 0 aliphatic carbocycles. The quantitative estimate of drug-likeness (QED) is 0.107. The van der Waals surface area contributed by atoms with Crippen LogP contribution >= 0.6 is 0 Å². The van der Waals surface area contributed by atoms with Crippen molar-refractivity contribution >= 4 is 12.3 Å². The van der Waals surface area contributed by atoms with Crippen LogP contribution < -0.4 is 0 Å². The molecule has 2 rings (SSSR count). The maximum atomic E-state index is 12.6. The molecule has 0 aromatic heterocycles. The minimum atomic E-state index is -0.340. The van der Waals surface area contributed by atoms with Crippen LogP contribution in [0.15, 0.2) is 41.5 Å². The van der Waals surface area contributed by atoms with Gasteiger partial charge in [0.25, 0.3) is 0 Å². The first kappa shape index (κ1) is 32.0. The summed E-state index contributed by atoms with van der Waals surface area (Å²) in [6.07, 6.45) is 24.2. The molecule has 1 aliphatic heterocycles. The van der Waals surface area contributed by atoms with Gasteiger partial charge in [-0.05, 0) is 30.2 Å². The van der Waals surface area contributed by atoms with Gasteiger partial charge in [0, 0.05) is 33.0 Å². The van der Waals surface area contributed by atoms with E-state index in [0.29, 0.717) is 18.7 Å². The molecule has 1 heterocycles. The SMILES string of the molecule is CCCCCCCCCCCCCCCCOCC(COC(=O)c1cccc(CN2C=NC=CC2)c1)OC. The van der Waals surface area contributed by atoms with Crippen molar-refractivity contribution in [2.75, 3.05) is 33.5 Å². The molecule has 6 heteroatoms. The zero-order valence-corrected chi connectivity index (χ0v) is 24.1. The highest BCUT2D eigenvalue weighted by atomic mass is 16.6. The lowest BCUT2D eigenvalue weighted by Gasteiger charge is -2.19. The minimum Gasteiger partial charge on any atom is -0.459 e. The zero-order valence-electron chi connectivity index (χ0n) is 24.1. The fourth-order valence-corrected chi connectivity index (χ4v) is 4.61. The summed E-state index contributed by atoms with van der Waals surface area (Å²) in [5.41, 5.74) is 1.59. The summed E-state index contributed by atoms with van der Waals surface area (Å²) >= 11 is 0. The first-order valence-corrected chi connectivity index (χ1v) is 15.0. The summed E-state index contributed by atoms with van der Waals surface area (Å²) in [5, 5.41) is 0. The Bertz CT molecular complexity index is 795. The lowest BCUT2D eigenvalue weighted by atomic mass is 10.0. The lowest BCUT2D eigenvalue weighted by Crippen LogP contribution is -2.26. The summed E-state index contributed by atoms with van der Waals surface area (Å²) in [6, 6.07) is 7.55. The third kappa shape index (κ3) is 15.3. The normalized spacial score (nSPS) is 13.7. The summed E-state index contributed by atoms with van der Waals surface area (Å²) in [7, 11) is 1.63. The van der Waals surface area contributed by atoms with E-state index in [0.717, 1.165) is 25.1 Å². The molecule has 1 atom stereocenters. The zero-order chi connectivity index (χ0) is 27.1. The van der Waals surface area contributed by atoms with Gasteiger partial charge in [0.1, 0.15) is 12.7 Å². The second kappa shape index (κ2) is 21.7. The van der Waals surface area contributed by atoms with Crippen molar-refractivity contribution in [3.8, 4) is 0 Å². The molecule has 0 amide bonds. The van der Waals surface area contributed by atoms with E-state index in [1.165, 1.54) is 83.5 Å². The van der Waals surface area contributed by atoms with Crippen LogP contribution in [-0.4, -0.2) is 56.8 Å². The van der Waals surface area contributed by atoms with Gasteiger partial charge in [0.15, 0.2) is 0 Å². The van der Waals surface area contributed by atoms with Crippen molar-refractivity contribution in [1.29, 1.82) is 0 Å². The van der Waals surface area contributed by atoms with Crippen molar-refractivity contribution in [2.24, 2.45) is 4.99 Å². The highest BCUT2D eigenvalue weighted by Crippen LogP contribution is 2.14. The summed E-state index contributed by atoms with van der Waals surface area (Å²) < 4.78 is 16.8. The Balaban J connectivity index is 1.46. The average molecular weight is 529 g/mol. The van der Waals surface area contributed by atoms with Gasteiger partial charge in [-0.1, -0.05) is 103 Å². The maximum Gasteiger partial charge on any atom is 0.338 e. The van der Waals surface area contributed by atoms with E-state index in [1.807, 2.05) is 30.6 Å². The number of rotatable bonds is 23. The molecule has 0 saturated carbocycles. The lowest BCUT2D eigenvalue weighted by molar-refractivity contribution is -0.0314. The second-order valence-corrected chi connectivity index (χ2v) is 10.4. The number of carbonyl (C=O) groups is 1. The van der Waals surface area contributed by atoms with Crippen LogP contribution in [0.25, 0.3) is 0 Å². The van der Waals surface area contributed by atoms with Gasteiger partial charge in [-0.2, -0.15) is 0 Å². The first-order valence-electron chi connectivity index (χ1n) is 15.0. The molecular formula is C32H52N2O4. The molecule has 1 aromatic rings. The van der Waals surface area contributed by atoms with Crippen LogP contribution in [0.1, 0.15) is 113 Å². The van der Waals surface area contributed by atoms with Gasteiger partial charge in [-0.15, -0.1) is 0 Å². The Hall–Kier alpha value is -2.18. The Morgan fingerprint density at radius 2 is 1.58 bits per heavy atom. The number of unbranched alkanes of at least 4 members (excludes halogenated alkanes) is 13. The Kier molecular flexibility index (Phi) is 18.3. The molecule has 0 N–H and O–H groups in total. The predicted octanol–water partition coefficient (Wildman–Crippen LogP) is 7.71. The fourth-order valence-electron chi connectivity index (χ4n) is 4.61. The van der Waals surface area contributed by atoms with Crippen LogP contribution in [0.5, 0.6) is 0 Å². The number of hydrogen-bond donors (Lipinski definition) is 0.